The van der Waals surface area contributed by atoms with Gasteiger partial charge in [-0.3, -0.25) is 4.79 Å². The number of rotatable bonds is 5. The second kappa shape index (κ2) is 8.88. The lowest BCUT2D eigenvalue weighted by atomic mass is 10.1. The first-order valence-corrected chi connectivity index (χ1v) is 11.3. The van der Waals surface area contributed by atoms with Gasteiger partial charge in [0.1, 0.15) is 5.03 Å². The summed E-state index contributed by atoms with van der Waals surface area (Å²) in [5.41, 5.74) is 4.18. The molecule has 6 nitrogen and oxygen atoms in total. The Hall–Kier alpha value is -3.97. The number of anilines is 1. The fourth-order valence-corrected chi connectivity index (χ4v) is 4.53. The van der Waals surface area contributed by atoms with Gasteiger partial charge in [0, 0.05) is 21.7 Å². The normalized spacial score (nSPS) is 11.0. The van der Waals surface area contributed by atoms with E-state index in [9.17, 15) is 4.79 Å². The highest BCUT2D eigenvalue weighted by Crippen LogP contribution is 2.34. The van der Waals surface area contributed by atoms with E-state index < -0.39 is 0 Å². The third-order valence-corrected chi connectivity index (χ3v) is 6.15. The molecule has 5 rings (SSSR count). The molecule has 0 bridgehead atoms. The van der Waals surface area contributed by atoms with Gasteiger partial charge in [-0.25, -0.2) is 4.98 Å². The molecule has 2 aromatic heterocycles. The van der Waals surface area contributed by atoms with Crippen LogP contribution in [0, 0.1) is 13.8 Å². The van der Waals surface area contributed by atoms with Gasteiger partial charge in [0.2, 0.25) is 0 Å². The van der Waals surface area contributed by atoms with Gasteiger partial charge in [-0.05, 0) is 44.2 Å². The van der Waals surface area contributed by atoms with Crippen molar-refractivity contribution in [2.75, 3.05) is 5.32 Å². The van der Waals surface area contributed by atoms with Crippen LogP contribution in [0.5, 0.6) is 0 Å². The smallest absolute Gasteiger partial charge is 0.255 e. The van der Waals surface area contributed by atoms with E-state index in [4.69, 9.17) is 5.10 Å². The summed E-state index contributed by atoms with van der Waals surface area (Å²) >= 11 is 1.51. The number of carbonyl (C=O) groups is 1. The van der Waals surface area contributed by atoms with Crippen molar-refractivity contribution in [1.82, 2.24) is 19.6 Å². The van der Waals surface area contributed by atoms with Crippen LogP contribution in [0.3, 0.4) is 0 Å². The molecule has 7 heteroatoms. The Morgan fingerprint density at radius 2 is 1.67 bits per heavy atom. The summed E-state index contributed by atoms with van der Waals surface area (Å²) in [5, 5.41) is 8.62. The minimum atomic E-state index is -0.144. The van der Waals surface area contributed by atoms with Crippen molar-refractivity contribution in [3.05, 3.63) is 102 Å². The lowest BCUT2D eigenvalue weighted by Gasteiger charge is -2.12. The molecule has 33 heavy (non-hydrogen) atoms. The van der Waals surface area contributed by atoms with E-state index in [0.29, 0.717) is 17.2 Å². The summed E-state index contributed by atoms with van der Waals surface area (Å²) in [6, 6.07) is 27.1. The zero-order chi connectivity index (χ0) is 22.8. The molecule has 2 heterocycles. The van der Waals surface area contributed by atoms with Crippen LogP contribution in [-0.4, -0.2) is 25.5 Å². The van der Waals surface area contributed by atoms with E-state index in [2.05, 4.69) is 15.3 Å². The molecule has 0 saturated carbocycles. The number of nitrogens with one attached hydrogen (secondary N) is 1. The van der Waals surface area contributed by atoms with Crippen molar-refractivity contribution in [2.24, 2.45) is 0 Å². The first kappa shape index (κ1) is 20.9. The number of benzene rings is 3. The van der Waals surface area contributed by atoms with E-state index in [1.807, 2.05) is 98.8 Å². The van der Waals surface area contributed by atoms with Crippen molar-refractivity contribution in [1.29, 1.82) is 0 Å². The Kier molecular flexibility index (Phi) is 5.62. The molecule has 5 aromatic rings. The lowest BCUT2D eigenvalue weighted by molar-refractivity contribution is 0.102. The molecule has 0 aliphatic heterocycles. The molecule has 162 valence electrons. The molecule has 0 unspecified atom stereocenters. The summed E-state index contributed by atoms with van der Waals surface area (Å²) in [6.07, 6.45) is 0. The quantitative estimate of drug-likeness (QED) is 0.341. The number of carbonyl (C=O) groups excluding carboxylic acids is 1. The first-order chi connectivity index (χ1) is 16.1. The van der Waals surface area contributed by atoms with Crippen molar-refractivity contribution < 1.29 is 4.79 Å². The predicted molar refractivity (Wildman–Crippen MR) is 131 cm³/mol. The van der Waals surface area contributed by atoms with Crippen LogP contribution in [0.2, 0.25) is 0 Å². The summed E-state index contributed by atoms with van der Waals surface area (Å²) in [4.78, 5) is 22.9. The van der Waals surface area contributed by atoms with Crippen molar-refractivity contribution >= 4 is 29.1 Å². The van der Waals surface area contributed by atoms with Gasteiger partial charge in [-0.1, -0.05) is 71.9 Å². The summed E-state index contributed by atoms with van der Waals surface area (Å²) in [5.74, 6) is 1.02. The molecular formula is C26H21N5OS. The molecular weight excluding hydrogens is 430 g/mol. The fourth-order valence-electron chi connectivity index (χ4n) is 3.49. The monoisotopic (exact) mass is 451 g/mol. The molecule has 0 fully saturated rings. The van der Waals surface area contributed by atoms with Crippen molar-refractivity contribution in [3.8, 4) is 11.4 Å². The van der Waals surface area contributed by atoms with Gasteiger partial charge in [0.25, 0.3) is 11.7 Å². The molecule has 0 atom stereocenters. The summed E-state index contributed by atoms with van der Waals surface area (Å²) < 4.78 is 1.75. The topological polar surface area (TPSA) is 72.2 Å². The van der Waals surface area contributed by atoms with Crippen LogP contribution in [0.4, 0.5) is 5.69 Å². The van der Waals surface area contributed by atoms with Gasteiger partial charge in [-0.15, -0.1) is 5.10 Å². The van der Waals surface area contributed by atoms with Gasteiger partial charge < -0.3 is 5.32 Å². The highest BCUT2D eigenvalue weighted by Gasteiger charge is 2.15. The van der Waals surface area contributed by atoms with Crippen LogP contribution in [0.15, 0.2) is 94.9 Å². The molecule has 1 amide bonds. The number of hydrogen-bond donors (Lipinski definition) is 1. The Morgan fingerprint density at radius 3 is 2.48 bits per heavy atom. The minimum absolute atomic E-state index is 0.144. The van der Waals surface area contributed by atoms with Gasteiger partial charge >= 0.3 is 0 Å². The third-order valence-electron chi connectivity index (χ3n) is 5.07. The average molecular weight is 452 g/mol. The highest BCUT2D eigenvalue weighted by atomic mass is 32.2. The van der Waals surface area contributed by atoms with Gasteiger partial charge in [0.15, 0.2) is 5.82 Å². The SMILES string of the molecule is Cc1cccc(C(=O)Nc2ccccc2Sc2cc(C)nc3nc(-c4ccccc4)nn23)c1. The van der Waals surface area contributed by atoms with Gasteiger partial charge in [-0.2, -0.15) is 9.50 Å². The summed E-state index contributed by atoms with van der Waals surface area (Å²) in [7, 11) is 0. The molecule has 0 radical (unpaired) electrons. The van der Waals surface area contributed by atoms with E-state index in [0.717, 1.165) is 32.4 Å². The number of fused-ring (bicyclic) bond motifs is 1. The molecule has 0 aliphatic carbocycles. The maximum atomic E-state index is 12.8. The van der Waals surface area contributed by atoms with Crippen molar-refractivity contribution in [2.45, 2.75) is 23.8 Å². The standard InChI is InChI=1S/C26H21N5OS/c1-17-9-8-12-20(15-17)25(32)28-21-13-6-7-14-22(21)33-23-16-18(2)27-26-29-24(30-31(23)26)19-10-4-3-5-11-19/h3-16H,1-2H3,(H,28,32). The average Bonchev–Trinajstić information content (AvgIpc) is 3.25. The van der Waals surface area contributed by atoms with Crippen LogP contribution in [0.1, 0.15) is 21.6 Å². The zero-order valence-electron chi connectivity index (χ0n) is 18.2. The molecule has 0 spiro atoms. The summed E-state index contributed by atoms with van der Waals surface area (Å²) in [6.45, 7) is 3.91. The number of hydrogen-bond acceptors (Lipinski definition) is 5. The number of aromatic nitrogens is 4. The number of para-hydroxylation sites is 1. The van der Waals surface area contributed by atoms with Crippen molar-refractivity contribution in [3.63, 3.8) is 0 Å². The van der Waals surface area contributed by atoms with E-state index >= 15 is 0 Å². The Bertz CT molecular complexity index is 1460. The second-order valence-electron chi connectivity index (χ2n) is 7.67. The van der Waals surface area contributed by atoms with Gasteiger partial charge in [0.05, 0.1) is 5.69 Å². The van der Waals surface area contributed by atoms with E-state index in [1.165, 1.54) is 11.8 Å². The van der Waals surface area contributed by atoms with Crippen LogP contribution in [0.25, 0.3) is 17.2 Å². The number of amides is 1. The van der Waals surface area contributed by atoms with Crippen LogP contribution < -0.4 is 5.32 Å². The highest BCUT2D eigenvalue weighted by molar-refractivity contribution is 7.99. The minimum Gasteiger partial charge on any atom is -0.321 e. The van der Waals surface area contributed by atoms with Crippen LogP contribution in [-0.2, 0) is 0 Å². The Morgan fingerprint density at radius 1 is 0.879 bits per heavy atom. The largest absolute Gasteiger partial charge is 0.321 e. The third kappa shape index (κ3) is 4.49. The van der Waals surface area contributed by atoms with E-state index in [1.54, 1.807) is 4.52 Å². The predicted octanol–water partition coefficient (Wildman–Crippen LogP) is 5.81. The Labute approximate surface area is 195 Å². The van der Waals surface area contributed by atoms with E-state index in [-0.39, 0.29) is 5.91 Å². The molecule has 1 N–H and O–H groups in total. The Balaban J connectivity index is 1.49. The molecule has 0 saturated heterocycles. The molecule has 3 aromatic carbocycles. The first-order valence-electron chi connectivity index (χ1n) is 10.5. The van der Waals surface area contributed by atoms with Crippen LogP contribution >= 0.6 is 11.8 Å². The number of aryl methyl sites for hydroxylation is 2. The molecule has 0 aliphatic rings. The maximum Gasteiger partial charge on any atom is 0.255 e. The zero-order valence-corrected chi connectivity index (χ0v) is 19.0. The fraction of sp³-hybridized carbons (Fsp3) is 0.0769. The lowest BCUT2D eigenvalue weighted by Crippen LogP contribution is -2.12. The maximum absolute atomic E-state index is 12.8. The number of nitrogens with zero attached hydrogens (tertiary/aromatic N) is 4. The second-order valence-corrected chi connectivity index (χ2v) is 8.73.